The average molecular weight is 329 g/mol. The number of hydrogen-bond donors (Lipinski definition) is 1. The van der Waals surface area contributed by atoms with E-state index < -0.39 is 0 Å². The van der Waals surface area contributed by atoms with Gasteiger partial charge in [0.05, 0.1) is 10.6 Å². The molecule has 1 aliphatic heterocycles. The fraction of sp³-hybridized carbons (Fsp3) is 0.562. The van der Waals surface area contributed by atoms with Crippen LogP contribution in [-0.2, 0) is 0 Å². The number of nitrogens with one attached hydrogen (secondary N) is 1. The Hall–Kier alpha value is -0.770. The Kier molecular flexibility index (Phi) is 5.91. The molecule has 1 N–H and O–H groups in total. The van der Waals surface area contributed by atoms with Crippen LogP contribution in [-0.4, -0.2) is 36.5 Å². The number of piperidine rings is 1. The molecule has 2 rings (SSSR count). The van der Waals surface area contributed by atoms with Crippen LogP contribution in [0.2, 0.25) is 10.0 Å². The van der Waals surface area contributed by atoms with Crippen LogP contribution in [0.25, 0.3) is 0 Å². The first-order valence-corrected chi connectivity index (χ1v) is 8.21. The third-order valence-corrected chi connectivity index (χ3v) is 4.51. The van der Waals surface area contributed by atoms with E-state index in [1.54, 1.807) is 18.2 Å². The fourth-order valence-corrected chi connectivity index (χ4v) is 3.18. The number of halogens is 2. The van der Waals surface area contributed by atoms with Gasteiger partial charge in [0.2, 0.25) is 0 Å². The SMILES string of the molecule is CC(C)N(CC1CCNCC1)C(=O)c1ccc(Cl)cc1Cl. The Morgan fingerprint density at radius 2 is 2.00 bits per heavy atom. The summed E-state index contributed by atoms with van der Waals surface area (Å²) < 4.78 is 0. The van der Waals surface area contributed by atoms with Crippen molar-refractivity contribution >= 4 is 29.1 Å². The van der Waals surface area contributed by atoms with Crippen molar-refractivity contribution in [2.45, 2.75) is 32.7 Å². The van der Waals surface area contributed by atoms with Gasteiger partial charge in [-0.05, 0) is 63.9 Å². The average Bonchev–Trinajstić information content (AvgIpc) is 2.45. The van der Waals surface area contributed by atoms with E-state index in [0.717, 1.165) is 32.5 Å². The number of rotatable bonds is 4. The van der Waals surface area contributed by atoms with Gasteiger partial charge in [-0.25, -0.2) is 0 Å². The highest BCUT2D eigenvalue weighted by Crippen LogP contribution is 2.24. The lowest BCUT2D eigenvalue weighted by Gasteiger charge is -2.33. The van der Waals surface area contributed by atoms with Crippen molar-refractivity contribution in [2.24, 2.45) is 5.92 Å². The lowest BCUT2D eigenvalue weighted by atomic mass is 9.96. The predicted octanol–water partition coefficient (Wildman–Crippen LogP) is 3.84. The van der Waals surface area contributed by atoms with E-state index in [1.165, 1.54) is 0 Å². The number of hydrogen-bond acceptors (Lipinski definition) is 2. The van der Waals surface area contributed by atoms with E-state index in [2.05, 4.69) is 5.32 Å². The van der Waals surface area contributed by atoms with Crippen LogP contribution in [0.1, 0.15) is 37.0 Å². The number of amides is 1. The molecule has 21 heavy (non-hydrogen) atoms. The molecular weight excluding hydrogens is 307 g/mol. The minimum Gasteiger partial charge on any atom is -0.336 e. The molecule has 1 aromatic rings. The minimum atomic E-state index is -0.00907. The maximum Gasteiger partial charge on any atom is 0.255 e. The molecule has 1 amide bonds. The summed E-state index contributed by atoms with van der Waals surface area (Å²) in [5.74, 6) is 0.550. The van der Waals surface area contributed by atoms with Crippen molar-refractivity contribution in [3.05, 3.63) is 33.8 Å². The molecular formula is C16H22Cl2N2O. The van der Waals surface area contributed by atoms with Crippen molar-refractivity contribution in [3.8, 4) is 0 Å². The van der Waals surface area contributed by atoms with E-state index in [1.807, 2.05) is 18.7 Å². The Labute approximate surface area is 136 Å². The summed E-state index contributed by atoms with van der Waals surface area (Å²) in [7, 11) is 0. The van der Waals surface area contributed by atoms with Gasteiger partial charge in [0.15, 0.2) is 0 Å². The van der Waals surface area contributed by atoms with Crippen molar-refractivity contribution in [3.63, 3.8) is 0 Å². The maximum absolute atomic E-state index is 12.8. The zero-order valence-corrected chi connectivity index (χ0v) is 14.0. The van der Waals surface area contributed by atoms with Gasteiger partial charge in [0, 0.05) is 17.6 Å². The van der Waals surface area contributed by atoms with E-state index >= 15 is 0 Å². The molecule has 1 aromatic carbocycles. The molecule has 5 heteroatoms. The molecule has 1 saturated heterocycles. The Balaban J connectivity index is 2.14. The van der Waals surface area contributed by atoms with Crippen molar-refractivity contribution in [1.82, 2.24) is 10.2 Å². The molecule has 0 aliphatic carbocycles. The van der Waals surface area contributed by atoms with E-state index in [4.69, 9.17) is 23.2 Å². The molecule has 1 heterocycles. The van der Waals surface area contributed by atoms with Gasteiger partial charge in [-0.15, -0.1) is 0 Å². The summed E-state index contributed by atoms with van der Waals surface area (Å²) in [4.78, 5) is 14.7. The molecule has 0 saturated carbocycles. The monoisotopic (exact) mass is 328 g/mol. The summed E-state index contributed by atoms with van der Waals surface area (Å²) in [6.45, 7) is 6.95. The zero-order valence-electron chi connectivity index (χ0n) is 12.5. The van der Waals surface area contributed by atoms with Gasteiger partial charge >= 0.3 is 0 Å². The molecule has 0 atom stereocenters. The van der Waals surface area contributed by atoms with Gasteiger partial charge in [-0.1, -0.05) is 23.2 Å². The quantitative estimate of drug-likeness (QED) is 0.910. The second-order valence-electron chi connectivity index (χ2n) is 5.87. The van der Waals surface area contributed by atoms with Gasteiger partial charge in [0.25, 0.3) is 5.91 Å². The van der Waals surface area contributed by atoms with Gasteiger partial charge in [-0.3, -0.25) is 4.79 Å². The third kappa shape index (κ3) is 4.35. The van der Waals surface area contributed by atoms with Gasteiger partial charge in [0.1, 0.15) is 0 Å². The number of nitrogens with zero attached hydrogens (tertiary/aromatic N) is 1. The molecule has 1 aliphatic rings. The van der Waals surface area contributed by atoms with Crippen molar-refractivity contribution in [2.75, 3.05) is 19.6 Å². The van der Waals surface area contributed by atoms with E-state index in [0.29, 0.717) is 21.5 Å². The summed E-state index contributed by atoms with van der Waals surface area (Å²) in [5.41, 5.74) is 0.531. The summed E-state index contributed by atoms with van der Waals surface area (Å²) in [5, 5.41) is 4.32. The Morgan fingerprint density at radius 1 is 1.33 bits per heavy atom. The third-order valence-electron chi connectivity index (χ3n) is 3.96. The normalized spacial score (nSPS) is 16.2. The lowest BCUT2D eigenvalue weighted by Crippen LogP contribution is -2.43. The summed E-state index contributed by atoms with van der Waals surface area (Å²) >= 11 is 12.1. The standard InChI is InChI=1S/C16H22Cl2N2O/c1-11(2)20(10-12-5-7-19-8-6-12)16(21)14-4-3-13(17)9-15(14)18/h3-4,9,11-12,19H,5-8,10H2,1-2H3. The lowest BCUT2D eigenvalue weighted by molar-refractivity contribution is 0.0658. The first kappa shape index (κ1) is 16.6. The summed E-state index contributed by atoms with van der Waals surface area (Å²) in [6, 6.07) is 5.20. The highest BCUT2D eigenvalue weighted by Gasteiger charge is 2.25. The van der Waals surface area contributed by atoms with Crippen LogP contribution in [0.15, 0.2) is 18.2 Å². The highest BCUT2D eigenvalue weighted by atomic mass is 35.5. The largest absolute Gasteiger partial charge is 0.336 e. The van der Waals surface area contributed by atoms with Crippen LogP contribution in [0, 0.1) is 5.92 Å². The molecule has 0 aromatic heterocycles. The van der Waals surface area contributed by atoms with Gasteiger partial charge in [-0.2, -0.15) is 0 Å². The number of carbonyl (C=O) groups excluding carboxylic acids is 1. The zero-order chi connectivity index (χ0) is 15.4. The maximum atomic E-state index is 12.8. The second-order valence-corrected chi connectivity index (χ2v) is 6.71. The van der Waals surface area contributed by atoms with Crippen LogP contribution >= 0.6 is 23.2 Å². The molecule has 1 fully saturated rings. The first-order valence-electron chi connectivity index (χ1n) is 7.45. The number of carbonyl (C=O) groups is 1. The molecule has 0 unspecified atom stereocenters. The van der Waals surface area contributed by atoms with Crippen LogP contribution in [0.4, 0.5) is 0 Å². The molecule has 3 nitrogen and oxygen atoms in total. The van der Waals surface area contributed by atoms with Crippen LogP contribution in [0.3, 0.4) is 0 Å². The first-order chi connectivity index (χ1) is 9.99. The molecule has 116 valence electrons. The number of benzene rings is 1. The fourth-order valence-electron chi connectivity index (χ4n) is 2.69. The minimum absolute atomic E-state index is 0.00907. The topological polar surface area (TPSA) is 32.3 Å². The molecule has 0 bridgehead atoms. The smallest absolute Gasteiger partial charge is 0.255 e. The van der Waals surface area contributed by atoms with E-state index in [9.17, 15) is 4.79 Å². The summed E-state index contributed by atoms with van der Waals surface area (Å²) in [6.07, 6.45) is 2.23. The van der Waals surface area contributed by atoms with E-state index in [-0.39, 0.29) is 11.9 Å². The predicted molar refractivity (Wildman–Crippen MR) is 88.2 cm³/mol. The van der Waals surface area contributed by atoms with Crippen LogP contribution in [0.5, 0.6) is 0 Å². The van der Waals surface area contributed by atoms with Crippen LogP contribution < -0.4 is 5.32 Å². The van der Waals surface area contributed by atoms with Crippen molar-refractivity contribution in [1.29, 1.82) is 0 Å². The Bertz CT molecular complexity index is 499. The highest BCUT2D eigenvalue weighted by molar-refractivity contribution is 6.36. The van der Waals surface area contributed by atoms with Gasteiger partial charge < -0.3 is 10.2 Å². The molecule has 0 spiro atoms. The van der Waals surface area contributed by atoms with Crippen molar-refractivity contribution < 1.29 is 4.79 Å². The molecule has 0 radical (unpaired) electrons. The Morgan fingerprint density at radius 3 is 2.57 bits per heavy atom. The second kappa shape index (κ2) is 7.48.